The third-order valence-corrected chi connectivity index (χ3v) is 6.43. The Morgan fingerprint density at radius 3 is 2.31 bits per heavy atom. The summed E-state index contributed by atoms with van der Waals surface area (Å²) in [5, 5.41) is 11.7. The topological polar surface area (TPSA) is 104 Å². The highest BCUT2D eigenvalue weighted by Gasteiger charge is 2.26. The Morgan fingerprint density at radius 1 is 1.15 bits per heavy atom. The van der Waals surface area contributed by atoms with Gasteiger partial charge in [0.2, 0.25) is 10.0 Å². The van der Waals surface area contributed by atoms with Crippen LogP contribution in [-0.2, 0) is 14.8 Å². The molecule has 1 amide bonds. The number of carbonyl (C=O) groups is 2. The van der Waals surface area contributed by atoms with E-state index in [0.717, 1.165) is 25.7 Å². The third kappa shape index (κ3) is 5.04. The number of benzene rings is 1. The van der Waals surface area contributed by atoms with E-state index in [-0.39, 0.29) is 10.5 Å². The number of unbranched alkanes of at least 4 members (excludes halogenated alkanes) is 1. The molecule has 0 bridgehead atoms. The number of carboxylic acid groups (broad SMARTS) is 1. The van der Waals surface area contributed by atoms with Gasteiger partial charge in [-0.25, -0.2) is 13.2 Å². The maximum atomic E-state index is 12.6. The van der Waals surface area contributed by atoms with Gasteiger partial charge in [0.1, 0.15) is 6.04 Å². The van der Waals surface area contributed by atoms with Crippen molar-refractivity contribution in [2.75, 3.05) is 13.1 Å². The SMILES string of the molecule is CCCC[C@H](NC(=O)c1ccc(S(=O)(=O)N2CCCCC2)cc1)C(=O)O. The average Bonchev–Trinajstić information content (AvgIpc) is 2.65. The summed E-state index contributed by atoms with van der Waals surface area (Å²) in [4.78, 5) is 23.6. The van der Waals surface area contributed by atoms with E-state index in [4.69, 9.17) is 0 Å². The van der Waals surface area contributed by atoms with Gasteiger partial charge >= 0.3 is 5.97 Å². The molecular formula is C18H26N2O5S. The minimum Gasteiger partial charge on any atom is -0.480 e. The summed E-state index contributed by atoms with van der Waals surface area (Å²) < 4.78 is 26.7. The van der Waals surface area contributed by atoms with Crippen LogP contribution in [0.5, 0.6) is 0 Å². The summed E-state index contributed by atoms with van der Waals surface area (Å²) in [5.41, 5.74) is 0.241. The number of carbonyl (C=O) groups excluding carboxylic acids is 1. The molecule has 0 spiro atoms. The monoisotopic (exact) mass is 382 g/mol. The van der Waals surface area contributed by atoms with Crippen LogP contribution >= 0.6 is 0 Å². The van der Waals surface area contributed by atoms with E-state index in [1.165, 1.54) is 28.6 Å². The molecule has 1 heterocycles. The molecule has 144 valence electrons. The summed E-state index contributed by atoms with van der Waals surface area (Å²) in [5.74, 6) is -1.59. The highest BCUT2D eigenvalue weighted by molar-refractivity contribution is 7.89. The van der Waals surface area contributed by atoms with E-state index >= 15 is 0 Å². The van der Waals surface area contributed by atoms with Crippen molar-refractivity contribution < 1.29 is 23.1 Å². The van der Waals surface area contributed by atoms with Gasteiger partial charge in [0, 0.05) is 18.7 Å². The molecule has 2 N–H and O–H groups in total. The highest BCUT2D eigenvalue weighted by Crippen LogP contribution is 2.21. The molecule has 1 atom stereocenters. The van der Waals surface area contributed by atoms with Crippen molar-refractivity contribution in [3.63, 3.8) is 0 Å². The molecule has 26 heavy (non-hydrogen) atoms. The van der Waals surface area contributed by atoms with Crippen molar-refractivity contribution in [3.05, 3.63) is 29.8 Å². The number of carboxylic acids is 1. The van der Waals surface area contributed by atoms with Crippen LogP contribution in [0.15, 0.2) is 29.2 Å². The van der Waals surface area contributed by atoms with E-state index in [9.17, 15) is 23.1 Å². The summed E-state index contributed by atoms with van der Waals surface area (Å²) in [6, 6.07) is 4.70. The zero-order valence-corrected chi connectivity index (χ0v) is 15.8. The van der Waals surface area contributed by atoms with Gasteiger partial charge in [0.15, 0.2) is 0 Å². The molecule has 0 aromatic heterocycles. The summed E-state index contributed by atoms with van der Waals surface area (Å²) >= 11 is 0. The molecule has 0 aliphatic carbocycles. The van der Waals surface area contributed by atoms with Crippen LogP contribution in [0.25, 0.3) is 0 Å². The predicted octanol–water partition coefficient (Wildman–Crippen LogP) is 2.23. The van der Waals surface area contributed by atoms with Gasteiger partial charge in [0.05, 0.1) is 4.90 Å². The van der Waals surface area contributed by atoms with Crippen LogP contribution in [0.3, 0.4) is 0 Å². The minimum atomic E-state index is -3.55. The van der Waals surface area contributed by atoms with E-state index in [1.807, 2.05) is 6.92 Å². The second-order valence-corrected chi connectivity index (χ2v) is 8.43. The van der Waals surface area contributed by atoms with Crippen molar-refractivity contribution in [3.8, 4) is 0 Å². The van der Waals surface area contributed by atoms with Crippen LogP contribution < -0.4 is 5.32 Å². The fourth-order valence-electron chi connectivity index (χ4n) is 2.94. The molecule has 1 aromatic carbocycles. The van der Waals surface area contributed by atoms with Gasteiger partial charge in [-0.05, 0) is 43.5 Å². The number of sulfonamides is 1. The number of rotatable bonds is 8. The largest absolute Gasteiger partial charge is 0.480 e. The second-order valence-electron chi connectivity index (χ2n) is 6.50. The molecular weight excluding hydrogens is 356 g/mol. The van der Waals surface area contributed by atoms with Crippen molar-refractivity contribution in [2.45, 2.75) is 56.4 Å². The standard InChI is InChI=1S/C18H26N2O5S/c1-2-3-7-16(18(22)23)19-17(21)14-8-10-15(11-9-14)26(24,25)20-12-5-4-6-13-20/h8-11,16H,2-7,12-13H2,1H3,(H,19,21)(H,22,23)/t16-/m0/s1. The van der Waals surface area contributed by atoms with Crippen LogP contribution in [0.1, 0.15) is 55.8 Å². The van der Waals surface area contributed by atoms with Crippen LogP contribution in [0.4, 0.5) is 0 Å². The molecule has 0 saturated carbocycles. The number of hydrogen-bond acceptors (Lipinski definition) is 4. The molecule has 0 radical (unpaired) electrons. The molecule has 1 aromatic rings. The fraction of sp³-hybridized carbons (Fsp3) is 0.556. The maximum Gasteiger partial charge on any atom is 0.326 e. The first-order chi connectivity index (χ1) is 12.4. The van der Waals surface area contributed by atoms with Gasteiger partial charge in [-0.2, -0.15) is 4.31 Å². The Kier molecular flexibility index (Phi) is 7.16. The smallest absolute Gasteiger partial charge is 0.326 e. The summed E-state index contributed by atoms with van der Waals surface area (Å²) in [7, 11) is -3.55. The Balaban J connectivity index is 2.08. The number of amides is 1. The Labute approximate surface area is 154 Å². The number of nitrogens with one attached hydrogen (secondary N) is 1. The lowest BCUT2D eigenvalue weighted by molar-refractivity contribution is -0.139. The first kappa shape index (κ1) is 20.4. The van der Waals surface area contributed by atoms with Crippen molar-refractivity contribution in [1.29, 1.82) is 0 Å². The molecule has 0 unspecified atom stereocenters. The van der Waals surface area contributed by atoms with Crippen LogP contribution in [-0.4, -0.2) is 48.8 Å². The maximum absolute atomic E-state index is 12.6. The number of nitrogens with zero attached hydrogens (tertiary/aromatic N) is 1. The van der Waals surface area contributed by atoms with Gasteiger partial charge in [-0.15, -0.1) is 0 Å². The van der Waals surface area contributed by atoms with Gasteiger partial charge in [-0.1, -0.05) is 26.2 Å². The van der Waals surface area contributed by atoms with Gasteiger partial charge < -0.3 is 10.4 Å². The molecule has 8 heteroatoms. The normalized spacial score (nSPS) is 16.8. The summed E-state index contributed by atoms with van der Waals surface area (Å²) in [6.07, 6.45) is 4.64. The molecule has 7 nitrogen and oxygen atoms in total. The lowest BCUT2D eigenvalue weighted by atomic mass is 10.1. The number of hydrogen-bond donors (Lipinski definition) is 2. The van der Waals surface area contributed by atoms with Crippen LogP contribution in [0, 0.1) is 0 Å². The number of aliphatic carboxylic acids is 1. The van der Waals surface area contributed by atoms with E-state index in [2.05, 4.69) is 5.32 Å². The molecule has 1 fully saturated rings. The molecule has 1 saturated heterocycles. The summed E-state index contributed by atoms with van der Waals surface area (Å²) in [6.45, 7) is 2.98. The van der Waals surface area contributed by atoms with Gasteiger partial charge in [-0.3, -0.25) is 4.79 Å². The number of piperidine rings is 1. The molecule has 1 aliphatic rings. The Hall–Kier alpha value is -1.93. The molecule has 1 aliphatic heterocycles. The lowest BCUT2D eigenvalue weighted by Gasteiger charge is -2.25. The van der Waals surface area contributed by atoms with E-state index in [1.54, 1.807) is 0 Å². The molecule has 2 rings (SSSR count). The zero-order chi connectivity index (χ0) is 19.2. The average molecular weight is 382 g/mol. The first-order valence-electron chi connectivity index (χ1n) is 9.00. The van der Waals surface area contributed by atoms with Crippen molar-refractivity contribution in [2.24, 2.45) is 0 Å². The highest BCUT2D eigenvalue weighted by atomic mass is 32.2. The zero-order valence-electron chi connectivity index (χ0n) is 15.0. The minimum absolute atomic E-state index is 0.150. The quantitative estimate of drug-likeness (QED) is 0.717. The Bertz CT molecular complexity index is 724. The predicted molar refractivity (Wildman–Crippen MR) is 97.5 cm³/mol. The first-order valence-corrected chi connectivity index (χ1v) is 10.4. The van der Waals surface area contributed by atoms with E-state index in [0.29, 0.717) is 25.9 Å². The lowest BCUT2D eigenvalue weighted by Crippen LogP contribution is -2.40. The fourth-order valence-corrected chi connectivity index (χ4v) is 4.46. The van der Waals surface area contributed by atoms with Crippen molar-refractivity contribution >= 4 is 21.9 Å². The third-order valence-electron chi connectivity index (χ3n) is 4.52. The Morgan fingerprint density at radius 2 is 1.77 bits per heavy atom. The van der Waals surface area contributed by atoms with Crippen molar-refractivity contribution in [1.82, 2.24) is 9.62 Å². The second kappa shape index (κ2) is 9.14. The van der Waals surface area contributed by atoms with Gasteiger partial charge in [0.25, 0.3) is 5.91 Å². The van der Waals surface area contributed by atoms with E-state index < -0.39 is 27.9 Å². The van der Waals surface area contributed by atoms with Crippen LogP contribution in [0.2, 0.25) is 0 Å².